The lowest BCUT2D eigenvalue weighted by molar-refractivity contribution is 0.102. The number of aromatic nitrogens is 4. The van der Waals surface area contributed by atoms with Crippen LogP contribution in [-0.4, -0.2) is 43.9 Å². The van der Waals surface area contributed by atoms with Gasteiger partial charge in [-0.1, -0.05) is 24.3 Å². The average molecular weight is 411 g/mol. The predicted molar refractivity (Wildman–Crippen MR) is 115 cm³/mol. The molecule has 1 aliphatic rings. The molecule has 152 valence electrons. The SMILES string of the molecule is Cc1cccc(-n2nnc(C(=O)Nc3nc(CN4CCCC(C)C4)cs3)c2C)c1. The molecule has 8 heteroatoms. The van der Waals surface area contributed by atoms with Crippen molar-refractivity contribution in [1.82, 2.24) is 24.9 Å². The fourth-order valence-corrected chi connectivity index (χ4v) is 4.49. The van der Waals surface area contributed by atoms with Crippen molar-refractivity contribution in [3.63, 3.8) is 0 Å². The summed E-state index contributed by atoms with van der Waals surface area (Å²) in [6, 6.07) is 7.95. The molecule has 2 aromatic heterocycles. The molecule has 1 aliphatic heterocycles. The highest BCUT2D eigenvalue weighted by molar-refractivity contribution is 7.13. The van der Waals surface area contributed by atoms with Crippen LogP contribution >= 0.6 is 11.3 Å². The van der Waals surface area contributed by atoms with Crippen LogP contribution in [0.5, 0.6) is 0 Å². The second-order valence-electron chi connectivity index (χ2n) is 7.85. The Bertz CT molecular complexity index is 1010. The Morgan fingerprint density at radius 2 is 2.21 bits per heavy atom. The third kappa shape index (κ3) is 4.54. The number of piperidine rings is 1. The molecule has 0 spiro atoms. The summed E-state index contributed by atoms with van der Waals surface area (Å²) >= 11 is 1.45. The molecule has 1 unspecified atom stereocenters. The van der Waals surface area contributed by atoms with E-state index in [0.717, 1.165) is 42.5 Å². The number of nitrogens with one attached hydrogen (secondary N) is 1. The molecule has 1 aromatic carbocycles. The first-order valence-corrected chi connectivity index (χ1v) is 10.8. The van der Waals surface area contributed by atoms with Gasteiger partial charge in [0.25, 0.3) is 5.91 Å². The fourth-order valence-electron chi connectivity index (χ4n) is 3.80. The van der Waals surface area contributed by atoms with E-state index in [-0.39, 0.29) is 5.91 Å². The maximum atomic E-state index is 12.7. The standard InChI is InChI=1S/C21H26N6OS/c1-14-6-4-8-18(10-14)27-16(3)19(24-25-27)20(28)23-21-22-17(13-29-21)12-26-9-5-7-15(2)11-26/h4,6,8,10,13,15H,5,7,9,11-12H2,1-3H3,(H,22,23,28). The molecule has 1 atom stereocenters. The Morgan fingerprint density at radius 1 is 1.34 bits per heavy atom. The summed E-state index contributed by atoms with van der Waals surface area (Å²) in [5.41, 5.74) is 4.03. The van der Waals surface area contributed by atoms with Gasteiger partial charge in [-0.3, -0.25) is 15.0 Å². The van der Waals surface area contributed by atoms with Crippen LogP contribution in [0.1, 0.15) is 47.2 Å². The maximum Gasteiger partial charge on any atom is 0.279 e. The van der Waals surface area contributed by atoms with E-state index >= 15 is 0 Å². The Labute approximate surface area is 174 Å². The molecule has 0 saturated carbocycles. The fraction of sp³-hybridized carbons (Fsp3) is 0.429. The van der Waals surface area contributed by atoms with Gasteiger partial charge >= 0.3 is 0 Å². The number of amides is 1. The van der Waals surface area contributed by atoms with Gasteiger partial charge in [0.05, 0.1) is 17.1 Å². The highest BCUT2D eigenvalue weighted by Crippen LogP contribution is 2.22. The minimum Gasteiger partial charge on any atom is -0.297 e. The van der Waals surface area contributed by atoms with Crippen molar-refractivity contribution >= 4 is 22.4 Å². The lowest BCUT2D eigenvalue weighted by Gasteiger charge is -2.30. The largest absolute Gasteiger partial charge is 0.297 e. The smallest absolute Gasteiger partial charge is 0.279 e. The number of carbonyl (C=O) groups is 1. The van der Waals surface area contributed by atoms with Gasteiger partial charge in [-0.05, 0) is 56.8 Å². The second-order valence-corrected chi connectivity index (χ2v) is 8.71. The summed E-state index contributed by atoms with van der Waals surface area (Å²) < 4.78 is 1.69. The van der Waals surface area contributed by atoms with Crippen molar-refractivity contribution in [3.05, 3.63) is 52.3 Å². The van der Waals surface area contributed by atoms with Crippen LogP contribution in [0, 0.1) is 19.8 Å². The van der Waals surface area contributed by atoms with Crippen molar-refractivity contribution in [2.75, 3.05) is 18.4 Å². The molecule has 0 aliphatic carbocycles. The monoisotopic (exact) mass is 410 g/mol. The number of hydrogen-bond donors (Lipinski definition) is 1. The Hall–Kier alpha value is -2.58. The lowest BCUT2D eigenvalue weighted by atomic mass is 10.0. The summed E-state index contributed by atoms with van der Waals surface area (Å²) in [4.78, 5) is 19.7. The third-order valence-electron chi connectivity index (χ3n) is 5.25. The van der Waals surface area contributed by atoms with Crippen LogP contribution in [0.4, 0.5) is 5.13 Å². The van der Waals surface area contributed by atoms with Gasteiger partial charge in [-0.15, -0.1) is 16.4 Å². The summed E-state index contributed by atoms with van der Waals surface area (Å²) in [6.45, 7) is 9.23. The Balaban J connectivity index is 1.43. The number of benzene rings is 1. The van der Waals surface area contributed by atoms with E-state index in [1.54, 1.807) is 4.68 Å². The molecule has 7 nitrogen and oxygen atoms in total. The zero-order chi connectivity index (χ0) is 20.4. The van der Waals surface area contributed by atoms with Crippen LogP contribution < -0.4 is 5.32 Å². The van der Waals surface area contributed by atoms with Gasteiger partial charge in [0, 0.05) is 18.5 Å². The van der Waals surface area contributed by atoms with Crippen molar-refractivity contribution in [1.29, 1.82) is 0 Å². The number of hydrogen-bond acceptors (Lipinski definition) is 6. The topological polar surface area (TPSA) is 75.9 Å². The van der Waals surface area contributed by atoms with E-state index in [4.69, 9.17) is 0 Å². The first-order chi connectivity index (χ1) is 14.0. The lowest BCUT2D eigenvalue weighted by Crippen LogP contribution is -2.33. The van der Waals surface area contributed by atoms with Crippen LogP contribution in [0.15, 0.2) is 29.6 Å². The molecule has 0 radical (unpaired) electrons. The normalized spacial score (nSPS) is 17.4. The van der Waals surface area contributed by atoms with E-state index in [2.05, 4.69) is 32.4 Å². The molecular weight excluding hydrogens is 384 g/mol. The van der Waals surface area contributed by atoms with E-state index in [0.29, 0.717) is 16.5 Å². The van der Waals surface area contributed by atoms with Crippen molar-refractivity contribution < 1.29 is 4.79 Å². The highest BCUT2D eigenvalue weighted by Gasteiger charge is 2.20. The van der Waals surface area contributed by atoms with Gasteiger partial charge in [0.2, 0.25) is 0 Å². The molecule has 3 aromatic rings. The number of likely N-dealkylation sites (tertiary alicyclic amines) is 1. The van der Waals surface area contributed by atoms with Crippen molar-refractivity contribution in [2.45, 2.75) is 40.2 Å². The molecule has 1 amide bonds. The molecule has 3 heterocycles. The molecule has 0 bridgehead atoms. The third-order valence-corrected chi connectivity index (χ3v) is 6.06. The van der Waals surface area contributed by atoms with Gasteiger partial charge < -0.3 is 0 Å². The number of nitrogens with zero attached hydrogens (tertiary/aromatic N) is 5. The van der Waals surface area contributed by atoms with Gasteiger partial charge in [-0.25, -0.2) is 9.67 Å². The minimum absolute atomic E-state index is 0.283. The molecule has 1 saturated heterocycles. The Kier molecular flexibility index (Phi) is 5.73. The summed E-state index contributed by atoms with van der Waals surface area (Å²) in [5, 5.41) is 13.7. The van der Waals surface area contributed by atoms with Crippen LogP contribution in [0.25, 0.3) is 5.69 Å². The van der Waals surface area contributed by atoms with Crippen molar-refractivity contribution in [3.8, 4) is 5.69 Å². The van der Waals surface area contributed by atoms with E-state index < -0.39 is 0 Å². The van der Waals surface area contributed by atoms with Crippen LogP contribution in [0.3, 0.4) is 0 Å². The maximum absolute atomic E-state index is 12.7. The molecule has 1 fully saturated rings. The number of rotatable bonds is 5. The number of carbonyl (C=O) groups excluding carboxylic acids is 1. The Morgan fingerprint density at radius 3 is 3.00 bits per heavy atom. The molecule has 4 rings (SSSR count). The van der Waals surface area contributed by atoms with E-state index in [1.165, 1.54) is 24.2 Å². The number of anilines is 1. The zero-order valence-electron chi connectivity index (χ0n) is 17.1. The quantitative estimate of drug-likeness (QED) is 0.692. The first-order valence-electron chi connectivity index (χ1n) is 9.97. The van der Waals surface area contributed by atoms with E-state index in [9.17, 15) is 4.79 Å². The highest BCUT2D eigenvalue weighted by atomic mass is 32.1. The first kappa shape index (κ1) is 19.7. The predicted octanol–water partition coefficient (Wildman–Crippen LogP) is 3.82. The number of thiazole rings is 1. The average Bonchev–Trinajstić information content (AvgIpc) is 3.28. The molecular formula is C21H26N6OS. The molecule has 1 N–H and O–H groups in total. The summed E-state index contributed by atoms with van der Waals surface area (Å²) in [7, 11) is 0. The molecule has 29 heavy (non-hydrogen) atoms. The van der Waals surface area contributed by atoms with Gasteiger partial charge in [0.1, 0.15) is 0 Å². The zero-order valence-corrected chi connectivity index (χ0v) is 17.9. The second kappa shape index (κ2) is 8.42. The van der Waals surface area contributed by atoms with Crippen molar-refractivity contribution in [2.24, 2.45) is 5.92 Å². The van der Waals surface area contributed by atoms with Crippen LogP contribution in [0.2, 0.25) is 0 Å². The van der Waals surface area contributed by atoms with Gasteiger partial charge in [-0.2, -0.15) is 0 Å². The minimum atomic E-state index is -0.283. The van der Waals surface area contributed by atoms with E-state index in [1.807, 2.05) is 43.5 Å². The summed E-state index contributed by atoms with van der Waals surface area (Å²) in [6.07, 6.45) is 2.54. The summed E-state index contributed by atoms with van der Waals surface area (Å²) in [5.74, 6) is 0.453. The number of aryl methyl sites for hydroxylation is 1. The van der Waals surface area contributed by atoms with Gasteiger partial charge in [0.15, 0.2) is 10.8 Å². The van der Waals surface area contributed by atoms with Crippen LogP contribution in [-0.2, 0) is 6.54 Å².